The van der Waals surface area contributed by atoms with Crippen LogP contribution >= 0.6 is 0 Å². The zero-order chi connectivity index (χ0) is 23.4. The van der Waals surface area contributed by atoms with E-state index < -0.39 is 11.7 Å². The van der Waals surface area contributed by atoms with Crippen molar-refractivity contribution in [3.63, 3.8) is 0 Å². The second kappa shape index (κ2) is 7.97. The highest BCUT2D eigenvalue weighted by Crippen LogP contribution is 2.37. The molecule has 7 nitrogen and oxygen atoms in total. The molecule has 0 radical (unpaired) electrons. The fraction of sp³-hybridized carbons (Fsp3) is 0.458. The lowest BCUT2D eigenvalue weighted by Gasteiger charge is -2.43. The Morgan fingerprint density at radius 3 is 2.71 bits per heavy atom. The van der Waals surface area contributed by atoms with Crippen LogP contribution in [0, 0.1) is 5.92 Å². The lowest BCUT2D eigenvalue weighted by Crippen LogP contribution is -2.56. The van der Waals surface area contributed by atoms with Crippen LogP contribution in [0.25, 0.3) is 5.65 Å². The summed E-state index contributed by atoms with van der Waals surface area (Å²) in [6, 6.07) is 6.15. The topological polar surface area (TPSA) is 65.8 Å². The standard InChI is InChI=1S/C24H25F3N6O/c25-24(26,27)19-3-1-2-15-12-31(11-7-17(15)19)23(34)16-13-32(14-16)22-18-4-8-28-9-5-20(18)30-21-6-10-29-33(21)22/h1-3,6,10,16,28H,4-5,7-9,11-14H2. The summed E-state index contributed by atoms with van der Waals surface area (Å²) in [5.74, 6) is 0.847. The Hall–Kier alpha value is -3.14. The predicted molar refractivity (Wildman–Crippen MR) is 120 cm³/mol. The van der Waals surface area contributed by atoms with E-state index in [1.807, 2.05) is 10.6 Å². The molecule has 1 fully saturated rings. The number of hydrogen-bond donors (Lipinski definition) is 1. The minimum atomic E-state index is -4.37. The van der Waals surface area contributed by atoms with E-state index in [2.05, 4.69) is 15.3 Å². The summed E-state index contributed by atoms with van der Waals surface area (Å²) in [5, 5.41) is 7.89. The highest BCUT2D eigenvalue weighted by molar-refractivity contribution is 5.82. The van der Waals surface area contributed by atoms with Crippen molar-refractivity contribution >= 4 is 17.4 Å². The average molecular weight is 470 g/mol. The van der Waals surface area contributed by atoms with Gasteiger partial charge in [-0.05, 0) is 36.6 Å². The van der Waals surface area contributed by atoms with Crippen LogP contribution in [0.5, 0.6) is 0 Å². The van der Waals surface area contributed by atoms with Gasteiger partial charge in [0.1, 0.15) is 5.82 Å². The smallest absolute Gasteiger partial charge is 0.354 e. The first-order valence-electron chi connectivity index (χ1n) is 11.7. The number of alkyl halides is 3. The van der Waals surface area contributed by atoms with E-state index in [-0.39, 0.29) is 24.8 Å². The predicted octanol–water partition coefficient (Wildman–Crippen LogP) is 2.46. The molecule has 3 aliphatic rings. The number of carbonyl (C=O) groups is 1. The number of amides is 1. The number of hydrogen-bond acceptors (Lipinski definition) is 5. The molecule has 1 saturated heterocycles. The van der Waals surface area contributed by atoms with Gasteiger partial charge in [-0.1, -0.05) is 12.1 Å². The normalized spacial score (nSPS) is 18.9. The van der Waals surface area contributed by atoms with Gasteiger partial charge < -0.3 is 15.1 Å². The Labute approximate surface area is 194 Å². The maximum atomic E-state index is 13.4. The number of nitrogens with zero attached hydrogens (tertiary/aromatic N) is 5. The van der Waals surface area contributed by atoms with Crippen LogP contribution in [0.1, 0.15) is 27.9 Å². The highest BCUT2D eigenvalue weighted by atomic mass is 19.4. The summed E-state index contributed by atoms with van der Waals surface area (Å²) in [4.78, 5) is 21.9. The van der Waals surface area contributed by atoms with Crippen LogP contribution in [-0.2, 0) is 36.8 Å². The molecule has 2 aromatic heterocycles. The summed E-state index contributed by atoms with van der Waals surface area (Å²) in [7, 11) is 0. The molecule has 34 heavy (non-hydrogen) atoms. The molecule has 3 aliphatic heterocycles. The van der Waals surface area contributed by atoms with Crippen LogP contribution < -0.4 is 10.2 Å². The molecule has 0 aliphatic carbocycles. The molecule has 10 heteroatoms. The summed E-state index contributed by atoms with van der Waals surface area (Å²) < 4.78 is 41.9. The maximum Gasteiger partial charge on any atom is 0.416 e. The Kier molecular flexibility index (Phi) is 5.02. The number of fused-ring (bicyclic) bond motifs is 3. The summed E-state index contributed by atoms with van der Waals surface area (Å²) in [5.41, 5.74) is 3.40. The van der Waals surface area contributed by atoms with Gasteiger partial charge in [0.05, 0.1) is 23.4 Å². The van der Waals surface area contributed by atoms with Crippen molar-refractivity contribution in [2.75, 3.05) is 37.6 Å². The zero-order valence-electron chi connectivity index (χ0n) is 18.6. The lowest BCUT2D eigenvalue weighted by atomic mass is 9.91. The first kappa shape index (κ1) is 21.4. The number of rotatable bonds is 2. The summed E-state index contributed by atoms with van der Waals surface area (Å²) in [6.45, 7) is 3.45. The molecule has 0 spiro atoms. The van der Waals surface area contributed by atoms with Crippen LogP contribution in [0.4, 0.5) is 19.0 Å². The minimum absolute atomic E-state index is 0.0119. The van der Waals surface area contributed by atoms with E-state index in [9.17, 15) is 18.0 Å². The third kappa shape index (κ3) is 3.51. The van der Waals surface area contributed by atoms with Crippen molar-refractivity contribution in [3.05, 3.63) is 58.4 Å². The van der Waals surface area contributed by atoms with E-state index in [1.54, 1.807) is 17.2 Å². The van der Waals surface area contributed by atoms with Crippen molar-refractivity contribution < 1.29 is 18.0 Å². The molecule has 0 saturated carbocycles. The van der Waals surface area contributed by atoms with Crippen molar-refractivity contribution in [3.8, 4) is 0 Å². The molecule has 1 amide bonds. The van der Waals surface area contributed by atoms with Crippen molar-refractivity contribution in [1.82, 2.24) is 24.8 Å². The maximum absolute atomic E-state index is 13.4. The van der Waals surface area contributed by atoms with Crippen LogP contribution in [-0.4, -0.2) is 58.1 Å². The summed E-state index contributed by atoms with van der Waals surface area (Å²) >= 11 is 0. The van der Waals surface area contributed by atoms with Gasteiger partial charge in [-0.2, -0.15) is 22.8 Å². The molecule has 0 atom stereocenters. The molecule has 178 valence electrons. The van der Waals surface area contributed by atoms with Crippen LogP contribution in [0.3, 0.4) is 0 Å². The van der Waals surface area contributed by atoms with Crippen molar-refractivity contribution in [2.45, 2.75) is 32.0 Å². The number of anilines is 1. The third-order valence-corrected chi connectivity index (χ3v) is 7.19. The first-order valence-corrected chi connectivity index (χ1v) is 11.7. The Bertz CT molecular complexity index is 1260. The van der Waals surface area contributed by atoms with Crippen LogP contribution in [0.15, 0.2) is 30.5 Å². The van der Waals surface area contributed by atoms with E-state index in [4.69, 9.17) is 4.98 Å². The number of benzene rings is 1. The quantitative estimate of drug-likeness (QED) is 0.624. The molecule has 6 rings (SSSR count). The number of nitrogens with one attached hydrogen (secondary N) is 1. The lowest BCUT2D eigenvalue weighted by molar-refractivity contribution is -0.139. The average Bonchev–Trinajstić information content (AvgIpc) is 3.12. The van der Waals surface area contributed by atoms with Gasteiger partial charge in [0.2, 0.25) is 5.91 Å². The molecular weight excluding hydrogens is 445 g/mol. The fourth-order valence-electron chi connectivity index (χ4n) is 5.47. The molecule has 5 heterocycles. The largest absolute Gasteiger partial charge is 0.416 e. The molecule has 1 N–H and O–H groups in total. The molecule has 1 aromatic carbocycles. The molecule has 0 unspecified atom stereocenters. The SMILES string of the molecule is O=C(C1CN(c2c3c(nc4ccnn24)CCNCC3)C1)N1CCc2c(cccc2C(F)(F)F)C1. The molecule has 3 aromatic rings. The Balaban J connectivity index is 1.20. The van der Waals surface area contributed by atoms with E-state index in [0.717, 1.165) is 49.2 Å². The van der Waals surface area contributed by atoms with Gasteiger partial charge >= 0.3 is 6.18 Å². The third-order valence-electron chi connectivity index (χ3n) is 7.19. The van der Waals surface area contributed by atoms with Gasteiger partial charge in [-0.25, -0.2) is 4.98 Å². The van der Waals surface area contributed by atoms with Gasteiger partial charge in [0.15, 0.2) is 5.65 Å². The second-order valence-electron chi connectivity index (χ2n) is 9.26. The fourth-order valence-corrected chi connectivity index (χ4v) is 5.47. The zero-order valence-corrected chi connectivity index (χ0v) is 18.6. The van der Waals surface area contributed by atoms with Gasteiger partial charge in [-0.15, -0.1) is 0 Å². The monoisotopic (exact) mass is 470 g/mol. The van der Waals surface area contributed by atoms with Crippen molar-refractivity contribution in [1.29, 1.82) is 0 Å². The summed E-state index contributed by atoms with van der Waals surface area (Å²) in [6.07, 6.45) is -0.694. The first-order chi connectivity index (χ1) is 16.4. The number of aromatic nitrogens is 3. The minimum Gasteiger partial charge on any atom is -0.354 e. The molecular formula is C24H25F3N6O. The highest BCUT2D eigenvalue weighted by Gasteiger charge is 2.40. The number of halogens is 3. The van der Waals surface area contributed by atoms with Gasteiger partial charge in [0, 0.05) is 50.8 Å². The van der Waals surface area contributed by atoms with Gasteiger partial charge in [0.25, 0.3) is 0 Å². The van der Waals surface area contributed by atoms with Gasteiger partial charge in [-0.3, -0.25) is 4.79 Å². The van der Waals surface area contributed by atoms with E-state index >= 15 is 0 Å². The number of carbonyl (C=O) groups excluding carboxylic acids is 1. The molecule has 0 bridgehead atoms. The Morgan fingerprint density at radius 1 is 1.06 bits per heavy atom. The van der Waals surface area contributed by atoms with E-state index in [1.165, 1.54) is 11.6 Å². The van der Waals surface area contributed by atoms with Crippen LogP contribution in [0.2, 0.25) is 0 Å². The second-order valence-corrected chi connectivity index (χ2v) is 9.26. The Morgan fingerprint density at radius 2 is 1.88 bits per heavy atom. The van der Waals surface area contributed by atoms with Crippen molar-refractivity contribution in [2.24, 2.45) is 5.92 Å². The van der Waals surface area contributed by atoms with E-state index in [0.29, 0.717) is 30.8 Å².